The number of aliphatic hydroxyl groups is 1. The number of halogens is 1. The summed E-state index contributed by atoms with van der Waals surface area (Å²) in [6, 6.07) is 4.99. The van der Waals surface area contributed by atoms with Gasteiger partial charge in [0.15, 0.2) is 0 Å². The fourth-order valence-corrected chi connectivity index (χ4v) is 1.87. The number of aryl methyl sites for hydroxylation is 1. The molecule has 4 heteroatoms. The third kappa shape index (κ3) is 4.17. The molecule has 1 aromatic rings. The van der Waals surface area contributed by atoms with E-state index < -0.39 is 0 Å². The molecule has 0 bridgehead atoms. The maximum atomic E-state index is 12.0. The summed E-state index contributed by atoms with van der Waals surface area (Å²) in [5.41, 5.74) is 1.44. The minimum atomic E-state index is -0.286. The minimum Gasteiger partial charge on any atom is -0.394 e. The number of amides is 1. The van der Waals surface area contributed by atoms with Crippen molar-refractivity contribution in [2.75, 3.05) is 6.61 Å². The molecule has 0 aliphatic heterocycles. The van der Waals surface area contributed by atoms with Gasteiger partial charge in [0.2, 0.25) is 0 Å². The maximum Gasteiger partial charge on any atom is 0.253 e. The van der Waals surface area contributed by atoms with Crippen molar-refractivity contribution in [2.45, 2.75) is 26.3 Å². The molecule has 2 N–H and O–H groups in total. The zero-order chi connectivity index (χ0) is 13.5. The number of carbonyl (C=O) groups excluding carboxylic acids is 1. The predicted octanol–water partition coefficient (Wildman–Crippen LogP) is 2.71. The van der Waals surface area contributed by atoms with Crippen molar-refractivity contribution < 1.29 is 9.90 Å². The van der Waals surface area contributed by atoms with Crippen LogP contribution in [0.4, 0.5) is 0 Å². The van der Waals surface area contributed by atoms with E-state index in [4.69, 9.17) is 11.6 Å². The second-order valence-electron chi connectivity index (χ2n) is 4.14. The number of nitrogens with one attached hydrogen (secondary N) is 1. The van der Waals surface area contributed by atoms with Gasteiger partial charge in [-0.25, -0.2) is 0 Å². The van der Waals surface area contributed by atoms with E-state index in [9.17, 15) is 9.90 Å². The molecule has 0 aliphatic rings. The van der Waals surface area contributed by atoms with E-state index in [1.165, 1.54) is 0 Å². The molecule has 0 radical (unpaired) electrons. The quantitative estimate of drug-likeness (QED) is 0.806. The molecule has 18 heavy (non-hydrogen) atoms. The van der Waals surface area contributed by atoms with Gasteiger partial charge in [-0.05, 0) is 38.0 Å². The SMILES string of the molecule is C/C=C/C[C@@H](CO)NC(=O)c1ccc(C)cc1Cl. The summed E-state index contributed by atoms with van der Waals surface area (Å²) in [4.78, 5) is 12.0. The van der Waals surface area contributed by atoms with E-state index in [0.29, 0.717) is 17.0 Å². The van der Waals surface area contributed by atoms with Gasteiger partial charge in [-0.2, -0.15) is 0 Å². The first-order valence-electron chi connectivity index (χ1n) is 5.87. The van der Waals surface area contributed by atoms with E-state index in [-0.39, 0.29) is 18.6 Å². The van der Waals surface area contributed by atoms with Crippen LogP contribution < -0.4 is 5.32 Å². The summed E-state index contributed by atoms with van der Waals surface area (Å²) in [6.07, 6.45) is 4.38. The van der Waals surface area contributed by atoms with E-state index in [1.54, 1.807) is 12.1 Å². The maximum absolute atomic E-state index is 12.0. The highest BCUT2D eigenvalue weighted by molar-refractivity contribution is 6.33. The van der Waals surface area contributed by atoms with Crippen LogP contribution in [-0.4, -0.2) is 23.7 Å². The highest BCUT2D eigenvalue weighted by atomic mass is 35.5. The zero-order valence-electron chi connectivity index (χ0n) is 10.6. The Morgan fingerprint density at radius 1 is 1.56 bits per heavy atom. The summed E-state index contributed by atoms with van der Waals surface area (Å²) in [5.74, 6) is -0.261. The van der Waals surface area contributed by atoms with Gasteiger partial charge in [0, 0.05) is 0 Å². The molecule has 0 heterocycles. The summed E-state index contributed by atoms with van der Waals surface area (Å²) in [6.45, 7) is 3.71. The molecule has 1 amide bonds. The van der Waals surface area contributed by atoms with Crippen LogP contribution in [0.25, 0.3) is 0 Å². The number of benzene rings is 1. The second kappa shape index (κ2) is 7.19. The van der Waals surface area contributed by atoms with Gasteiger partial charge < -0.3 is 10.4 Å². The van der Waals surface area contributed by atoms with Gasteiger partial charge in [0.1, 0.15) is 0 Å². The van der Waals surface area contributed by atoms with Gasteiger partial charge in [-0.3, -0.25) is 4.79 Å². The van der Waals surface area contributed by atoms with Crippen LogP contribution in [0.1, 0.15) is 29.3 Å². The van der Waals surface area contributed by atoms with Gasteiger partial charge in [0.25, 0.3) is 5.91 Å². The van der Waals surface area contributed by atoms with E-state index in [1.807, 2.05) is 32.1 Å². The second-order valence-corrected chi connectivity index (χ2v) is 4.55. The molecule has 0 saturated carbocycles. The fourth-order valence-electron chi connectivity index (χ4n) is 1.55. The first kappa shape index (κ1) is 14.7. The van der Waals surface area contributed by atoms with Crippen molar-refractivity contribution in [3.05, 3.63) is 46.5 Å². The smallest absolute Gasteiger partial charge is 0.253 e. The lowest BCUT2D eigenvalue weighted by molar-refractivity contribution is 0.0917. The van der Waals surface area contributed by atoms with Gasteiger partial charge in [-0.15, -0.1) is 0 Å². The minimum absolute atomic E-state index is 0.0977. The Bertz CT molecular complexity index is 443. The van der Waals surface area contributed by atoms with Crippen LogP contribution in [0.2, 0.25) is 5.02 Å². The molecular weight excluding hydrogens is 250 g/mol. The number of carbonyl (C=O) groups is 1. The molecular formula is C14H18ClNO2. The molecule has 0 aromatic heterocycles. The van der Waals surface area contributed by atoms with Gasteiger partial charge >= 0.3 is 0 Å². The molecule has 98 valence electrons. The summed E-state index contributed by atoms with van der Waals surface area (Å²) < 4.78 is 0. The number of allylic oxidation sites excluding steroid dienone is 1. The summed E-state index contributed by atoms with van der Waals surface area (Å²) >= 11 is 6.02. The van der Waals surface area contributed by atoms with Crippen molar-refractivity contribution in [3.63, 3.8) is 0 Å². The topological polar surface area (TPSA) is 49.3 Å². The average Bonchev–Trinajstić information content (AvgIpc) is 2.34. The van der Waals surface area contributed by atoms with Crippen molar-refractivity contribution >= 4 is 17.5 Å². The zero-order valence-corrected chi connectivity index (χ0v) is 11.4. The van der Waals surface area contributed by atoms with E-state index >= 15 is 0 Å². The van der Waals surface area contributed by atoms with Crippen molar-refractivity contribution in [2.24, 2.45) is 0 Å². The Balaban J connectivity index is 2.74. The molecule has 0 fully saturated rings. The van der Waals surface area contributed by atoms with Gasteiger partial charge in [-0.1, -0.05) is 29.8 Å². The van der Waals surface area contributed by atoms with Crippen LogP contribution in [0.5, 0.6) is 0 Å². The molecule has 3 nitrogen and oxygen atoms in total. The van der Waals surface area contributed by atoms with E-state index in [0.717, 1.165) is 5.56 Å². The first-order valence-corrected chi connectivity index (χ1v) is 6.25. The lowest BCUT2D eigenvalue weighted by Gasteiger charge is -2.15. The van der Waals surface area contributed by atoms with Crippen LogP contribution >= 0.6 is 11.6 Å². The molecule has 1 atom stereocenters. The summed E-state index contributed by atoms with van der Waals surface area (Å²) in [5, 5.41) is 12.4. The van der Waals surface area contributed by atoms with Gasteiger partial charge in [0.05, 0.1) is 23.2 Å². The Labute approximate surface area is 112 Å². The largest absolute Gasteiger partial charge is 0.394 e. The van der Waals surface area contributed by atoms with Crippen LogP contribution in [0.15, 0.2) is 30.4 Å². The molecule has 1 rings (SSSR count). The number of hydrogen-bond donors (Lipinski definition) is 2. The van der Waals surface area contributed by atoms with Crippen LogP contribution in [0, 0.1) is 6.92 Å². The standard InChI is InChI=1S/C14H18ClNO2/c1-3-4-5-11(9-17)16-14(18)12-7-6-10(2)8-13(12)15/h3-4,6-8,11,17H,5,9H2,1-2H3,(H,16,18)/b4-3+/t11-/m0/s1. The lowest BCUT2D eigenvalue weighted by Crippen LogP contribution is -2.37. The third-order valence-corrected chi connectivity index (χ3v) is 2.89. The third-order valence-electron chi connectivity index (χ3n) is 2.58. The molecule has 0 saturated heterocycles. The Hall–Kier alpha value is -1.32. The highest BCUT2D eigenvalue weighted by Crippen LogP contribution is 2.17. The molecule has 0 spiro atoms. The van der Waals surface area contributed by atoms with Crippen molar-refractivity contribution in [1.82, 2.24) is 5.32 Å². The number of aliphatic hydroxyl groups excluding tert-OH is 1. The molecule has 0 aliphatic carbocycles. The van der Waals surface area contributed by atoms with Crippen molar-refractivity contribution in [3.8, 4) is 0 Å². The van der Waals surface area contributed by atoms with E-state index in [2.05, 4.69) is 5.32 Å². The highest BCUT2D eigenvalue weighted by Gasteiger charge is 2.14. The Kier molecular flexibility index (Phi) is 5.89. The lowest BCUT2D eigenvalue weighted by atomic mass is 10.1. The predicted molar refractivity (Wildman–Crippen MR) is 74.0 cm³/mol. The Morgan fingerprint density at radius 3 is 2.83 bits per heavy atom. The normalized spacial score (nSPS) is 12.7. The first-order chi connectivity index (χ1) is 8.58. The number of hydrogen-bond acceptors (Lipinski definition) is 2. The molecule has 0 unspecified atom stereocenters. The average molecular weight is 268 g/mol. The molecule has 1 aromatic carbocycles. The fraction of sp³-hybridized carbons (Fsp3) is 0.357. The Morgan fingerprint density at radius 2 is 2.28 bits per heavy atom. The van der Waals surface area contributed by atoms with Crippen LogP contribution in [-0.2, 0) is 0 Å². The number of rotatable bonds is 5. The summed E-state index contributed by atoms with van der Waals surface area (Å²) in [7, 11) is 0. The monoisotopic (exact) mass is 267 g/mol. The van der Waals surface area contributed by atoms with Crippen molar-refractivity contribution in [1.29, 1.82) is 0 Å². The van der Waals surface area contributed by atoms with Crippen LogP contribution in [0.3, 0.4) is 0 Å².